The molecular formula is C27H30N6O2. The summed E-state index contributed by atoms with van der Waals surface area (Å²) in [6.07, 6.45) is 8.93. The Morgan fingerprint density at radius 3 is 2.49 bits per heavy atom. The maximum Gasteiger partial charge on any atom is 0.167 e. The van der Waals surface area contributed by atoms with E-state index in [1.807, 2.05) is 24.4 Å². The van der Waals surface area contributed by atoms with E-state index < -0.39 is 0 Å². The fourth-order valence-corrected chi connectivity index (χ4v) is 5.13. The van der Waals surface area contributed by atoms with Crippen LogP contribution in [0.25, 0.3) is 11.2 Å². The van der Waals surface area contributed by atoms with E-state index in [1.165, 1.54) is 12.5 Å². The molecular weight excluding hydrogens is 440 g/mol. The van der Waals surface area contributed by atoms with Crippen molar-refractivity contribution >= 4 is 40.6 Å². The Kier molecular flexibility index (Phi) is 6.19. The fraction of sp³-hybridized carbons (Fsp3) is 0.370. The van der Waals surface area contributed by atoms with Gasteiger partial charge in [0.2, 0.25) is 0 Å². The van der Waals surface area contributed by atoms with Crippen LogP contribution in [0.2, 0.25) is 0 Å². The van der Waals surface area contributed by atoms with Crippen LogP contribution in [0.1, 0.15) is 67.1 Å². The number of hydrogen-bond acceptors (Lipinski definition) is 7. The van der Waals surface area contributed by atoms with E-state index >= 15 is 0 Å². The molecule has 1 fully saturated rings. The summed E-state index contributed by atoms with van der Waals surface area (Å²) in [5.41, 5.74) is 10.5. The van der Waals surface area contributed by atoms with Crippen LogP contribution in [-0.4, -0.2) is 45.5 Å². The monoisotopic (exact) mass is 470 g/mol. The van der Waals surface area contributed by atoms with Crippen LogP contribution >= 0.6 is 0 Å². The molecule has 2 N–H and O–H groups in total. The predicted molar refractivity (Wildman–Crippen MR) is 138 cm³/mol. The van der Waals surface area contributed by atoms with E-state index in [9.17, 15) is 9.59 Å². The van der Waals surface area contributed by atoms with Crippen molar-refractivity contribution in [3.63, 3.8) is 0 Å². The zero-order chi connectivity index (χ0) is 24.5. The number of dihydropyridines is 1. The summed E-state index contributed by atoms with van der Waals surface area (Å²) < 4.78 is 1.55. The van der Waals surface area contributed by atoms with Crippen LogP contribution in [0.4, 0.5) is 11.6 Å². The molecule has 180 valence electrons. The molecule has 2 aliphatic heterocycles. The van der Waals surface area contributed by atoms with Crippen LogP contribution in [0.15, 0.2) is 47.6 Å². The second kappa shape index (κ2) is 9.44. The van der Waals surface area contributed by atoms with Gasteiger partial charge >= 0.3 is 0 Å². The second-order valence-corrected chi connectivity index (χ2v) is 9.48. The minimum atomic E-state index is -0.140. The first kappa shape index (κ1) is 23.0. The number of anilines is 2. The van der Waals surface area contributed by atoms with Gasteiger partial charge in [-0.15, -0.1) is 0 Å². The van der Waals surface area contributed by atoms with Crippen LogP contribution in [0, 0.1) is 5.92 Å². The Labute approximate surface area is 204 Å². The molecule has 1 saturated heterocycles. The first-order valence-corrected chi connectivity index (χ1v) is 12.1. The maximum absolute atomic E-state index is 12.6. The van der Waals surface area contributed by atoms with Gasteiger partial charge in [0, 0.05) is 36.9 Å². The van der Waals surface area contributed by atoms with Crippen molar-refractivity contribution in [1.29, 1.82) is 0 Å². The number of allylic oxidation sites excluding steroid dienone is 1. The number of rotatable bonds is 6. The highest BCUT2D eigenvalue weighted by Crippen LogP contribution is 2.34. The standard InChI is InChI=1S/C27H30N6O2/c1-17(34)14-19-10-12-32(13-11-19)27-24(18(2)35)25(28)33-26(31-27)22(16-30-33)21-8-9-23(29-15-21)20-6-4-3-5-7-20/h3-8,15-16,19,23H,9-14,28H2,1-2H3. The van der Waals surface area contributed by atoms with Crippen molar-refractivity contribution in [2.45, 2.75) is 45.6 Å². The summed E-state index contributed by atoms with van der Waals surface area (Å²) in [6.45, 7) is 4.61. The lowest BCUT2D eigenvalue weighted by atomic mass is 9.92. The summed E-state index contributed by atoms with van der Waals surface area (Å²) >= 11 is 0. The molecule has 0 aliphatic carbocycles. The van der Waals surface area contributed by atoms with Crippen LogP contribution < -0.4 is 10.6 Å². The number of carbonyl (C=O) groups is 2. The summed E-state index contributed by atoms with van der Waals surface area (Å²) in [7, 11) is 0. The van der Waals surface area contributed by atoms with Gasteiger partial charge in [0.15, 0.2) is 11.4 Å². The summed E-state index contributed by atoms with van der Waals surface area (Å²) in [5, 5.41) is 4.46. The highest BCUT2D eigenvalue weighted by molar-refractivity contribution is 6.13. The SMILES string of the molecule is CC(=O)CC1CCN(c2nc3c(C4=CCC(c5ccccc5)N=C4)cnn3c(N)c2C(C)=O)CC1. The highest BCUT2D eigenvalue weighted by Gasteiger charge is 2.28. The lowest BCUT2D eigenvalue weighted by Crippen LogP contribution is -2.36. The highest BCUT2D eigenvalue weighted by atomic mass is 16.1. The van der Waals surface area contributed by atoms with E-state index in [0.29, 0.717) is 35.2 Å². The molecule has 4 heterocycles. The number of piperidine rings is 1. The smallest absolute Gasteiger partial charge is 0.167 e. The number of aromatic nitrogens is 3. The fourth-order valence-electron chi connectivity index (χ4n) is 5.13. The number of benzene rings is 1. The molecule has 0 saturated carbocycles. The molecule has 1 aromatic carbocycles. The van der Waals surface area contributed by atoms with Crippen molar-refractivity contribution in [2.24, 2.45) is 10.9 Å². The van der Waals surface area contributed by atoms with Crippen molar-refractivity contribution in [3.05, 3.63) is 59.3 Å². The quantitative estimate of drug-likeness (QED) is 0.538. The van der Waals surface area contributed by atoms with Crippen molar-refractivity contribution < 1.29 is 9.59 Å². The third-order valence-electron chi connectivity index (χ3n) is 6.96. The van der Waals surface area contributed by atoms with E-state index in [-0.39, 0.29) is 17.6 Å². The summed E-state index contributed by atoms with van der Waals surface area (Å²) in [4.78, 5) is 36.0. The molecule has 0 spiro atoms. The van der Waals surface area contributed by atoms with E-state index in [4.69, 9.17) is 15.7 Å². The summed E-state index contributed by atoms with van der Waals surface area (Å²) in [6, 6.07) is 10.3. The number of nitrogens with zero attached hydrogens (tertiary/aromatic N) is 5. The van der Waals surface area contributed by atoms with Gasteiger partial charge in [-0.05, 0) is 44.6 Å². The molecule has 3 aromatic rings. The molecule has 0 radical (unpaired) electrons. The molecule has 1 unspecified atom stereocenters. The number of hydrogen-bond donors (Lipinski definition) is 1. The van der Waals surface area contributed by atoms with Gasteiger partial charge in [0.05, 0.1) is 12.2 Å². The molecule has 1 atom stereocenters. The number of nitrogen functional groups attached to an aromatic ring is 1. The van der Waals surface area contributed by atoms with E-state index in [1.54, 1.807) is 17.6 Å². The number of nitrogens with two attached hydrogens (primary N) is 1. The molecule has 5 rings (SSSR count). The Morgan fingerprint density at radius 2 is 1.86 bits per heavy atom. The van der Waals surface area contributed by atoms with Gasteiger partial charge in [-0.1, -0.05) is 36.4 Å². The minimum Gasteiger partial charge on any atom is -0.383 e. The van der Waals surface area contributed by atoms with Gasteiger partial charge in [0.1, 0.15) is 23.0 Å². The third kappa shape index (κ3) is 4.48. The number of Topliss-reactive ketones (excluding diaryl/α,β-unsaturated/α-hetero) is 2. The van der Waals surface area contributed by atoms with Crippen molar-refractivity contribution in [1.82, 2.24) is 14.6 Å². The van der Waals surface area contributed by atoms with E-state index in [0.717, 1.165) is 43.5 Å². The zero-order valence-electron chi connectivity index (χ0n) is 20.1. The average Bonchev–Trinajstić information content (AvgIpc) is 3.29. The molecule has 0 bridgehead atoms. The lowest BCUT2D eigenvalue weighted by Gasteiger charge is -2.33. The van der Waals surface area contributed by atoms with E-state index in [2.05, 4.69) is 28.2 Å². The second-order valence-electron chi connectivity index (χ2n) is 9.48. The molecule has 35 heavy (non-hydrogen) atoms. The van der Waals surface area contributed by atoms with Crippen LogP contribution in [0.3, 0.4) is 0 Å². The number of fused-ring (bicyclic) bond motifs is 1. The van der Waals surface area contributed by atoms with Crippen molar-refractivity contribution in [2.75, 3.05) is 23.7 Å². The Bertz CT molecular complexity index is 1330. The first-order valence-electron chi connectivity index (χ1n) is 12.1. The normalized spacial score (nSPS) is 18.6. The molecule has 8 heteroatoms. The van der Waals surface area contributed by atoms with Crippen LogP contribution in [-0.2, 0) is 4.79 Å². The lowest BCUT2D eigenvalue weighted by molar-refractivity contribution is -0.118. The van der Waals surface area contributed by atoms with Gasteiger partial charge in [0.25, 0.3) is 0 Å². The first-order chi connectivity index (χ1) is 16.9. The number of ketones is 2. The molecule has 2 aromatic heterocycles. The topological polar surface area (TPSA) is 106 Å². The van der Waals surface area contributed by atoms with Gasteiger partial charge in [-0.3, -0.25) is 9.79 Å². The van der Waals surface area contributed by atoms with Gasteiger partial charge < -0.3 is 15.4 Å². The third-order valence-corrected chi connectivity index (χ3v) is 6.96. The van der Waals surface area contributed by atoms with Gasteiger partial charge in [-0.2, -0.15) is 9.61 Å². The molecule has 2 aliphatic rings. The minimum absolute atomic E-state index is 0.0935. The Morgan fingerprint density at radius 1 is 1.11 bits per heavy atom. The average molecular weight is 471 g/mol. The predicted octanol–water partition coefficient (Wildman–Crippen LogP) is 4.31. The zero-order valence-corrected chi connectivity index (χ0v) is 20.1. The van der Waals surface area contributed by atoms with Gasteiger partial charge in [-0.25, -0.2) is 4.98 Å². The Balaban J connectivity index is 1.48. The molecule has 0 amide bonds. The Hall–Kier alpha value is -3.81. The largest absolute Gasteiger partial charge is 0.383 e. The van der Waals surface area contributed by atoms with Crippen LogP contribution in [0.5, 0.6) is 0 Å². The molecule has 8 nitrogen and oxygen atoms in total. The number of aliphatic imine (C=N–C) groups is 1. The number of carbonyl (C=O) groups excluding carboxylic acids is 2. The summed E-state index contributed by atoms with van der Waals surface area (Å²) in [5.74, 6) is 1.35. The van der Waals surface area contributed by atoms with Crippen molar-refractivity contribution in [3.8, 4) is 0 Å². The maximum atomic E-state index is 12.6.